The van der Waals surface area contributed by atoms with Gasteiger partial charge in [0.15, 0.2) is 0 Å². The fourth-order valence-electron chi connectivity index (χ4n) is 2.01. The number of hydrogen-bond acceptors (Lipinski definition) is 1. The summed E-state index contributed by atoms with van der Waals surface area (Å²) in [6, 6.07) is 0. The Hall–Kier alpha value is 1.04. The van der Waals surface area contributed by atoms with E-state index in [0.29, 0.717) is 0 Å². The third-order valence-corrected chi connectivity index (χ3v) is 14.6. The second-order valence-corrected chi connectivity index (χ2v) is 16.0. The molecule has 0 N–H and O–H groups in total. The SMILES string of the molecule is CCP(CC)N(P(CC)CC)[Si](C)(C)C. The van der Waals surface area contributed by atoms with Crippen LogP contribution >= 0.6 is 16.1 Å². The highest BCUT2D eigenvalue weighted by atomic mass is 31.2. The van der Waals surface area contributed by atoms with Crippen molar-refractivity contribution >= 4 is 24.4 Å². The average Bonchev–Trinajstić information content (AvgIpc) is 2.17. The molecule has 4 heteroatoms. The van der Waals surface area contributed by atoms with Crippen molar-refractivity contribution in [3.63, 3.8) is 0 Å². The lowest BCUT2D eigenvalue weighted by molar-refractivity contribution is 1.01. The Balaban J connectivity index is 4.85. The second-order valence-electron chi connectivity index (χ2n) is 4.74. The molecule has 0 saturated carbocycles. The highest BCUT2D eigenvalue weighted by Crippen LogP contribution is 2.58. The number of hydrogen-bond donors (Lipinski definition) is 0. The van der Waals surface area contributed by atoms with Gasteiger partial charge in [-0.2, -0.15) is 0 Å². The maximum atomic E-state index is 3.01. The van der Waals surface area contributed by atoms with Gasteiger partial charge in [0.2, 0.25) is 0 Å². The van der Waals surface area contributed by atoms with E-state index < -0.39 is 8.24 Å². The summed E-state index contributed by atoms with van der Waals surface area (Å²) in [4.78, 5) is 0. The van der Waals surface area contributed by atoms with Crippen LogP contribution in [-0.4, -0.2) is 37.0 Å². The van der Waals surface area contributed by atoms with E-state index in [1.807, 2.05) is 0 Å². The normalized spacial score (nSPS) is 13.2. The van der Waals surface area contributed by atoms with Crippen LogP contribution in [0.1, 0.15) is 27.7 Å². The van der Waals surface area contributed by atoms with Gasteiger partial charge < -0.3 is 0 Å². The highest BCUT2D eigenvalue weighted by molar-refractivity contribution is 7.73. The molecule has 0 rings (SSSR count). The van der Waals surface area contributed by atoms with Crippen LogP contribution in [0, 0.1) is 0 Å². The molecule has 0 heterocycles. The van der Waals surface area contributed by atoms with Crippen LogP contribution < -0.4 is 0 Å². The number of rotatable bonds is 7. The van der Waals surface area contributed by atoms with Crippen molar-refractivity contribution in [1.29, 1.82) is 0 Å². The molecular formula is C11H29NP2Si. The van der Waals surface area contributed by atoms with E-state index in [1.54, 1.807) is 0 Å². The Morgan fingerprint density at radius 3 is 1.13 bits per heavy atom. The summed E-state index contributed by atoms with van der Waals surface area (Å²) in [7, 11) is -0.776. The molecule has 0 fully saturated rings. The van der Waals surface area contributed by atoms with Gasteiger partial charge in [-0.05, 0) is 40.8 Å². The Kier molecular flexibility index (Phi) is 7.89. The smallest absolute Gasteiger partial charge is 0.128 e. The summed E-state index contributed by atoms with van der Waals surface area (Å²) < 4.78 is 3.01. The zero-order valence-corrected chi connectivity index (χ0v) is 14.5. The second kappa shape index (κ2) is 7.38. The van der Waals surface area contributed by atoms with Gasteiger partial charge >= 0.3 is 0 Å². The van der Waals surface area contributed by atoms with Gasteiger partial charge in [0.25, 0.3) is 0 Å². The molecule has 0 aliphatic carbocycles. The molecule has 0 saturated heterocycles. The largest absolute Gasteiger partial charge is 0.282 e. The van der Waals surface area contributed by atoms with E-state index in [-0.39, 0.29) is 16.1 Å². The quantitative estimate of drug-likeness (QED) is 0.462. The first-order valence-electron chi connectivity index (χ1n) is 6.22. The highest BCUT2D eigenvalue weighted by Gasteiger charge is 2.33. The topological polar surface area (TPSA) is 3.24 Å². The van der Waals surface area contributed by atoms with Crippen LogP contribution in [0.5, 0.6) is 0 Å². The van der Waals surface area contributed by atoms with Crippen molar-refractivity contribution in [2.45, 2.75) is 47.3 Å². The minimum absolute atomic E-state index is 0.165. The molecule has 0 radical (unpaired) electrons. The molecule has 0 aliphatic heterocycles. The zero-order chi connectivity index (χ0) is 12.1. The average molecular weight is 265 g/mol. The molecule has 0 aromatic heterocycles. The zero-order valence-electron chi connectivity index (χ0n) is 11.7. The van der Waals surface area contributed by atoms with Crippen LogP contribution in [0.3, 0.4) is 0 Å². The van der Waals surface area contributed by atoms with Gasteiger partial charge in [0.05, 0.1) is 0 Å². The summed E-state index contributed by atoms with van der Waals surface area (Å²) in [6.45, 7) is 17.1. The predicted molar refractivity (Wildman–Crippen MR) is 81.2 cm³/mol. The van der Waals surface area contributed by atoms with Crippen molar-refractivity contribution in [1.82, 2.24) is 4.11 Å². The molecule has 0 spiro atoms. The standard InChI is InChI=1S/C11H29NP2Si/c1-8-13(9-2)12(15(5,6)7)14(10-3)11-4/h8-11H2,1-7H3. The Bertz CT molecular complexity index is 150. The molecule has 0 aromatic rings. The van der Waals surface area contributed by atoms with Crippen LogP contribution in [0.4, 0.5) is 0 Å². The lowest BCUT2D eigenvalue weighted by atomic mass is 11.0. The van der Waals surface area contributed by atoms with Crippen molar-refractivity contribution in [3.05, 3.63) is 0 Å². The molecule has 0 atom stereocenters. The molecule has 0 aromatic carbocycles. The van der Waals surface area contributed by atoms with E-state index in [9.17, 15) is 0 Å². The van der Waals surface area contributed by atoms with Crippen molar-refractivity contribution < 1.29 is 0 Å². The van der Waals surface area contributed by atoms with E-state index in [0.717, 1.165) is 0 Å². The maximum Gasteiger partial charge on any atom is 0.128 e. The summed E-state index contributed by atoms with van der Waals surface area (Å²) in [5.41, 5.74) is 0. The first kappa shape index (κ1) is 16.0. The van der Waals surface area contributed by atoms with Crippen LogP contribution in [-0.2, 0) is 0 Å². The molecule has 0 amide bonds. The van der Waals surface area contributed by atoms with Crippen molar-refractivity contribution in [2.24, 2.45) is 0 Å². The fraction of sp³-hybridized carbons (Fsp3) is 1.00. The predicted octanol–water partition coefficient (Wildman–Crippen LogP) is 5.00. The Morgan fingerprint density at radius 2 is 1.00 bits per heavy atom. The minimum Gasteiger partial charge on any atom is -0.282 e. The number of nitrogens with zero attached hydrogens (tertiary/aromatic N) is 1. The lowest BCUT2D eigenvalue weighted by Gasteiger charge is -2.45. The van der Waals surface area contributed by atoms with Gasteiger partial charge in [-0.3, -0.25) is 4.11 Å². The molecule has 15 heavy (non-hydrogen) atoms. The molecule has 0 unspecified atom stereocenters. The Morgan fingerprint density at radius 1 is 0.733 bits per heavy atom. The van der Waals surface area contributed by atoms with E-state index >= 15 is 0 Å². The molecule has 0 bridgehead atoms. The van der Waals surface area contributed by atoms with Gasteiger partial charge in [0.1, 0.15) is 8.24 Å². The van der Waals surface area contributed by atoms with Gasteiger partial charge in [-0.25, -0.2) is 0 Å². The molecule has 1 nitrogen and oxygen atoms in total. The van der Waals surface area contributed by atoms with E-state index in [4.69, 9.17) is 0 Å². The summed E-state index contributed by atoms with van der Waals surface area (Å²) >= 11 is 0. The monoisotopic (exact) mass is 265 g/mol. The summed E-state index contributed by atoms with van der Waals surface area (Å²) in [6.07, 6.45) is 5.54. The van der Waals surface area contributed by atoms with Crippen LogP contribution in [0.15, 0.2) is 0 Å². The van der Waals surface area contributed by atoms with E-state index in [1.165, 1.54) is 24.6 Å². The van der Waals surface area contributed by atoms with Crippen molar-refractivity contribution in [3.8, 4) is 0 Å². The fourth-order valence-corrected chi connectivity index (χ4v) is 15.4. The lowest BCUT2D eigenvalue weighted by Crippen LogP contribution is -2.40. The first-order chi connectivity index (χ1) is 6.92. The maximum absolute atomic E-state index is 3.01. The van der Waals surface area contributed by atoms with Gasteiger partial charge in [-0.15, -0.1) is 0 Å². The van der Waals surface area contributed by atoms with Gasteiger partial charge in [-0.1, -0.05) is 47.3 Å². The van der Waals surface area contributed by atoms with E-state index in [2.05, 4.69) is 51.4 Å². The molecular weight excluding hydrogens is 236 g/mol. The minimum atomic E-state index is -1.11. The Labute approximate surface area is 101 Å². The molecule has 0 aliphatic rings. The van der Waals surface area contributed by atoms with Crippen molar-refractivity contribution in [2.75, 3.05) is 24.6 Å². The van der Waals surface area contributed by atoms with Crippen LogP contribution in [0.25, 0.3) is 0 Å². The van der Waals surface area contributed by atoms with Crippen LogP contribution in [0.2, 0.25) is 19.6 Å². The third-order valence-electron chi connectivity index (χ3n) is 2.60. The molecule has 92 valence electrons. The first-order valence-corrected chi connectivity index (χ1v) is 13.0. The summed E-state index contributed by atoms with van der Waals surface area (Å²) in [5, 5.41) is 0. The third kappa shape index (κ3) is 4.82. The summed E-state index contributed by atoms with van der Waals surface area (Å²) in [5.74, 6) is 0. The van der Waals surface area contributed by atoms with Gasteiger partial charge in [0, 0.05) is 0 Å².